The molecule has 0 aromatic heterocycles. The topological polar surface area (TPSA) is 49.4 Å². The Kier molecular flexibility index (Phi) is 5.20. The zero-order chi connectivity index (χ0) is 13.6. The fourth-order valence-corrected chi connectivity index (χ4v) is 2.28. The fraction of sp³-hybridized carbons (Fsp3) is 0.385. The second kappa shape index (κ2) is 6.43. The van der Waals surface area contributed by atoms with Crippen LogP contribution in [0, 0.1) is 12.3 Å². The average molecular weight is 266 g/mol. The lowest BCUT2D eigenvalue weighted by atomic mass is 10.3. The highest BCUT2D eigenvalue weighted by Crippen LogP contribution is 2.16. The van der Waals surface area contributed by atoms with E-state index in [2.05, 4.69) is 11.2 Å². The third-order valence-corrected chi connectivity index (χ3v) is 4.29. The second-order valence-electron chi connectivity index (χ2n) is 4.05. The quantitative estimate of drug-likeness (QED) is 0.630. The summed E-state index contributed by atoms with van der Waals surface area (Å²) in [6.07, 6.45) is 6.79. The number of rotatable bonds is 6. The maximum absolute atomic E-state index is 11.8. The first-order chi connectivity index (χ1) is 8.48. The first-order valence-electron chi connectivity index (χ1n) is 5.68. The van der Waals surface area contributed by atoms with E-state index in [1.54, 1.807) is 24.3 Å². The monoisotopic (exact) mass is 266 g/mol. The van der Waals surface area contributed by atoms with Gasteiger partial charge in [0.25, 0.3) is 0 Å². The van der Waals surface area contributed by atoms with Crippen molar-refractivity contribution >= 4 is 15.7 Å². The molecule has 98 valence electrons. The Morgan fingerprint density at radius 2 is 1.89 bits per heavy atom. The first-order valence-corrected chi connectivity index (χ1v) is 7.12. The molecular formula is C13H18N2O2S. The van der Waals surface area contributed by atoms with Gasteiger partial charge in [0, 0.05) is 32.7 Å². The summed E-state index contributed by atoms with van der Waals surface area (Å²) in [6.45, 7) is 0.782. The minimum absolute atomic E-state index is 0.293. The minimum Gasteiger partial charge on any atom is -0.385 e. The van der Waals surface area contributed by atoms with Crippen molar-refractivity contribution < 1.29 is 8.42 Å². The van der Waals surface area contributed by atoms with Gasteiger partial charge in [-0.2, -0.15) is 0 Å². The number of nitrogens with one attached hydrogen (secondary N) is 1. The minimum atomic E-state index is -3.34. The van der Waals surface area contributed by atoms with Crippen LogP contribution >= 0.6 is 0 Å². The van der Waals surface area contributed by atoms with Crippen LogP contribution in [0.2, 0.25) is 0 Å². The van der Waals surface area contributed by atoms with Crippen molar-refractivity contribution in [2.24, 2.45) is 0 Å². The van der Waals surface area contributed by atoms with Gasteiger partial charge in [0.1, 0.15) is 0 Å². The highest BCUT2D eigenvalue weighted by molar-refractivity contribution is 7.89. The number of benzene rings is 1. The maximum Gasteiger partial charge on any atom is 0.242 e. The van der Waals surface area contributed by atoms with Gasteiger partial charge in [-0.25, -0.2) is 12.7 Å². The molecule has 18 heavy (non-hydrogen) atoms. The van der Waals surface area contributed by atoms with Crippen LogP contribution in [0.5, 0.6) is 0 Å². The lowest BCUT2D eigenvalue weighted by Crippen LogP contribution is -2.22. The standard InChI is InChI=1S/C13H18N2O2S/c1-4-5-6-11-14-12-7-9-13(10-8-12)18(16,17)15(2)3/h1,7-10,14H,5-6,11H2,2-3H3. The molecule has 5 heteroatoms. The molecule has 0 aliphatic rings. The molecule has 0 saturated carbocycles. The van der Waals surface area contributed by atoms with E-state index in [0.717, 1.165) is 25.1 Å². The molecule has 1 N–H and O–H groups in total. The molecule has 0 aliphatic carbocycles. The number of hydrogen-bond acceptors (Lipinski definition) is 3. The molecule has 0 amide bonds. The van der Waals surface area contributed by atoms with E-state index in [9.17, 15) is 8.42 Å². The van der Waals surface area contributed by atoms with Crippen molar-refractivity contribution in [1.82, 2.24) is 4.31 Å². The van der Waals surface area contributed by atoms with Gasteiger partial charge in [0.2, 0.25) is 10.0 Å². The van der Waals surface area contributed by atoms with Gasteiger partial charge in [-0.1, -0.05) is 0 Å². The van der Waals surface area contributed by atoms with Crippen molar-refractivity contribution in [2.75, 3.05) is 26.0 Å². The molecule has 0 unspecified atom stereocenters. The highest BCUT2D eigenvalue weighted by atomic mass is 32.2. The van der Waals surface area contributed by atoms with Gasteiger partial charge in [-0.15, -0.1) is 12.3 Å². The molecule has 0 aliphatic heterocycles. The summed E-state index contributed by atoms with van der Waals surface area (Å²) >= 11 is 0. The molecule has 0 saturated heterocycles. The third-order valence-electron chi connectivity index (χ3n) is 2.46. The normalized spacial score (nSPS) is 11.2. The molecule has 0 atom stereocenters. The highest BCUT2D eigenvalue weighted by Gasteiger charge is 2.16. The first kappa shape index (κ1) is 14.6. The second-order valence-corrected chi connectivity index (χ2v) is 6.20. The van der Waals surface area contributed by atoms with Crippen molar-refractivity contribution in [1.29, 1.82) is 0 Å². The van der Waals surface area contributed by atoms with Crippen LogP contribution < -0.4 is 5.32 Å². The van der Waals surface area contributed by atoms with Crippen molar-refractivity contribution in [3.8, 4) is 12.3 Å². The van der Waals surface area contributed by atoms with Gasteiger partial charge in [0.15, 0.2) is 0 Å². The predicted octanol–water partition coefficient (Wildman–Crippen LogP) is 1.76. The number of hydrogen-bond donors (Lipinski definition) is 1. The number of nitrogens with zero attached hydrogens (tertiary/aromatic N) is 1. The van der Waals surface area contributed by atoms with Gasteiger partial charge in [-0.3, -0.25) is 0 Å². The predicted molar refractivity (Wildman–Crippen MR) is 73.9 cm³/mol. The van der Waals surface area contributed by atoms with Crippen molar-refractivity contribution in [2.45, 2.75) is 17.7 Å². The largest absolute Gasteiger partial charge is 0.385 e. The van der Waals surface area contributed by atoms with Crippen LogP contribution in [0.1, 0.15) is 12.8 Å². The van der Waals surface area contributed by atoms with Crippen LogP contribution in [0.4, 0.5) is 5.69 Å². The molecule has 0 spiro atoms. The number of sulfonamides is 1. The van der Waals surface area contributed by atoms with Crippen molar-refractivity contribution in [3.05, 3.63) is 24.3 Å². The Balaban J connectivity index is 2.67. The molecule has 0 fully saturated rings. The molecule has 4 nitrogen and oxygen atoms in total. The molecule has 1 aromatic rings. The Morgan fingerprint density at radius 1 is 1.28 bits per heavy atom. The Morgan fingerprint density at radius 3 is 2.39 bits per heavy atom. The van der Waals surface area contributed by atoms with Gasteiger partial charge in [0.05, 0.1) is 4.90 Å². The molecule has 1 rings (SSSR count). The molecule has 0 bridgehead atoms. The Hall–Kier alpha value is -1.51. The van der Waals surface area contributed by atoms with E-state index in [1.165, 1.54) is 18.4 Å². The number of anilines is 1. The molecule has 0 radical (unpaired) electrons. The van der Waals surface area contributed by atoms with Crippen LogP contribution in [0.3, 0.4) is 0 Å². The summed E-state index contributed by atoms with van der Waals surface area (Å²) in [5.41, 5.74) is 0.893. The van der Waals surface area contributed by atoms with E-state index >= 15 is 0 Å². The van der Waals surface area contributed by atoms with E-state index < -0.39 is 10.0 Å². The third kappa shape index (κ3) is 3.76. The van der Waals surface area contributed by atoms with Crippen LogP contribution in [0.15, 0.2) is 29.2 Å². The summed E-state index contributed by atoms with van der Waals surface area (Å²) in [4.78, 5) is 0.293. The number of terminal acetylenes is 1. The van der Waals surface area contributed by atoms with E-state index in [-0.39, 0.29) is 0 Å². The summed E-state index contributed by atoms with van der Waals surface area (Å²) in [5, 5.41) is 3.18. The van der Waals surface area contributed by atoms with E-state index in [4.69, 9.17) is 6.42 Å². The van der Waals surface area contributed by atoms with E-state index in [0.29, 0.717) is 4.90 Å². The van der Waals surface area contributed by atoms with Gasteiger partial charge in [-0.05, 0) is 30.7 Å². The average Bonchev–Trinajstić information content (AvgIpc) is 2.35. The molecular weight excluding hydrogens is 248 g/mol. The van der Waals surface area contributed by atoms with Gasteiger partial charge < -0.3 is 5.32 Å². The maximum atomic E-state index is 11.8. The zero-order valence-corrected chi connectivity index (χ0v) is 11.5. The lowest BCUT2D eigenvalue weighted by Gasteiger charge is -2.12. The SMILES string of the molecule is C#CCCCNc1ccc(S(=O)(=O)N(C)C)cc1. The smallest absolute Gasteiger partial charge is 0.242 e. The van der Waals surface area contributed by atoms with Crippen LogP contribution in [0.25, 0.3) is 0 Å². The summed E-state index contributed by atoms with van der Waals surface area (Å²) in [6, 6.07) is 6.70. The summed E-state index contributed by atoms with van der Waals surface area (Å²) in [5.74, 6) is 2.57. The Bertz CT molecular complexity index is 513. The lowest BCUT2D eigenvalue weighted by molar-refractivity contribution is 0.521. The Labute approximate surface area is 109 Å². The summed E-state index contributed by atoms with van der Waals surface area (Å²) in [7, 11) is -0.313. The summed E-state index contributed by atoms with van der Waals surface area (Å²) < 4.78 is 24.8. The van der Waals surface area contributed by atoms with Crippen molar-refractivity contribution in [3.63, 3.8) is 0 Å². The number of unbranched alkanes of at least 4 members (excludes halogenated alkanes) is 1. The van der Waals surface area contributed by atoms with Gasteiger partial charge >= 0.3 is 0 Å². The van der Waals surface area contributed by atoms with Crippen LogP contribution in [-0.4, -0.2) is 33.4 Å². The van der Waals surface area contributed by atoms with E-state index in [1.807, 2.05) is 0 Å². The fourth-order valence-electron chi connectivity index (χ4n) is 1.38. The van der Waals surface area contributed by atoms with Crippen LogP contribution in [-0.2, 0) is 10.0 Å². The zero-order valence-electron chi connectivity index (χ0n) is 10.7. The molecule has 0 heterocycles. The molecule has 1 aromatic carbocycles.